The normalized spacial score (nSPS) is 18.9. The van der Waals surface area contributed by atoms with E-state index in [-0.39, 0.29) is 11.7 Å². The molecule has 1 aliphatic carbocycles. The zero-order valence-corrected chi connectivity index (χ0v) is 21.1. The van der Waals surface area contributed by atoms with Gasteiger partial charge in [0.15, 0.2) is 5.65 Å². The van der Waals surface area contributed by atoms with Crippen LogP contribution in [0.1, 0.15) is 24.8 Å². The van der Waals surface area contributed by atoms with Crippen LogP contribution < -0.4 is 11.1 Å². The number of benzene rings is 1. The third-order valence-electron chi connectivity index (χ3n) is 6.29. The molecule has 3 heterocycles. The standard InChI is InChI=1S/C22H26BrN8OP/c1-33(2,32)16-4-3-14(10-16)28-22-27-12-17-20(23)30-31(21(17)29-22)15-9-13(5-6-24)19-18(11-15)25-7-8-26-19/h7-9,11-12,14,16H,3-6,10,24H2,1-2H3,(H,27,28,29)/t14-,16-/m1/s1. The predicted molar refractivity (Wildman–Crippen MR) is 135 cm³/mol. The number of aromatic nitrogens is 6. The lowest BCUT2D eigenvalue weighted by molar-refractivity contribution is 0.571. The van der Waals surface area contributed by atoms with Crippen LogP contribution >= 0.6 is 23.1 Å². The first-order chi connectivity index (χ1) is 15.8. The van der Waals surface area contributed by atoms with E-state index in [4.69, 9.17) is 10.7 Å². The lowest BCUT2D eigenvalue weighted by Crippen LogP contribution is -2.18. The Bertz CT molecular complexity index is 1380. The second-order valence-corrected chi connectivity index (χ2v) is 13.3. The van der Waals surface area contributed by atoms with E-state index in [1.807, 2.05) is 25.5 Å². The average Bonchev–Trinajstić information content (AvgIpc) is 3.38. The quantitative estimate of drug-likeness (QED) is 0.360. The summed E-state index contributed by atoms with van der Waals surface area (Å²) < 4.78 is 14.9. The molecule has 0 aliphatic heterocycles. The zero-order valence-electron chi connectivity index (χ0n) is 18.6. The van der Waals surface area contributed by atoms with E-state index in [9.17, 15) is 4.57 Å². The van der Waals surface area contributed by atoms with E-state index in [2.05, 4.69) is 41.3 Å². The molecule has 5 rings (SSSR count). The molecule has 0 saturated heterocycles. The van der Waals surface area contributed by atoms with Crippen LogP contribution in [0.3, 0.4) is 0 Å². The van der Waals surface area contributed by atoms with Crippen LogP contribution in [0.4, 0.5) is 5.95 Å². The maximum absolute atomic E-state index is 12.5. The molecule has 33 heavy (non-hydrogen) atoms. The summed E-state index contributed by atoms with van der Waals surface area (Å²) in [4.78, 5) is 18.3. The van der Waals surface area contributed by atoms with Crippen LogP contribution in [-0.2, 0) is 11.0 Å². The molecule has 0 amide bonds. The first-order valence-electron chi connectivity index (χ1n) is 11.0. The molecule has 0 bridgehead atoms. The highest BCUT2D eigenvalue weighted by Gasteiger charge is 2.32. The highest BCUT2D eigenvalue weighted by atomic mass is 79.9. The van der Waals surface area contributed by atoms with Crippen molar-refractivity contribution < 1.29 is 4.57 Å². The van der Waals surface area contributed by atoms with Crippen molar-refractivity contribution in [3.8, 4) is 5.69 Å². The monoisotopic (exact) mass is 528 g/mol. The van der Waals surface area contributed by atoms with Crippen molar-refractivity contribution in [2.75, 3.05) is 25.2 Å². The van der Waals surface area contributed by atoms with Crippen LogP contribution in [0.5, 0.6) is 0 Å². The summed E-state index contributed by atoms with van der Waals surface area (Å²) in [5.41, 5.74) is 10.3. The molecule has 1 saturated carbocycles. The molecule has 1 aliphatic rings. The van der Waals surface area contributed by atoms with Gasteiger partial charge in [-0.15, -0.1) is 0 Å². The van der Waals surface area contributed by atoms with Crippen molar-refractivity contribution in [3.63, 3.8) is 0 Å². The van der Waals surface area contributed by atoms with Crippen molar-refractivity contribution in [2.45, 2.75) is 37.4 Å². The molecule has 11 heteroatoms. The Morgan fingerprint density at radius 1 is 1.21 bits per heavy atom. The van der Waals surface area contributed by atoms with Gasteiger partial charge in [-0.2, -0.15) is 10.1 Å². The van der Waals surface area contributed by atoms with E-state index in [1.165, 1.54) is 0 Å². The fourth-order valence-corrected chi connectivity index (χ4v) is 6.52. The molecule has 4 aromatic rings. The van der Waals surface area contributed by atoms with Gasteiger partial charge in [-0.3, -0.25) is 9.97 Å². The molecule has 172 valence electrons. The average molecular weight is 529 g/mol. The van der Waals surface area contributed by atoms with E-state index < -0.39 is 7.14 Å². The Hall–Kier alpha value is -2.42. The molecule has 2 atom stereocenters. The minimum atomic E-state index is -2.09. The molecular formula is C22H26BrN8OP. The maximum Gasteiger partial charge on any atom is 0.224 e. The Morgan fingerprint density at radius 2 is 2.03 bits per heavy atom. The molecule has 0 radical (unpaired) electrons. The highest BCUT2D eigenvalue weighted by molar-refractivity contribution is 9.10. The Kier molecular flexibility index (Phi) is 5.93. The molecule has 1 aromatic carbocycles. The number of nitrogens with zero attached hydrogens (tertiary/aromatic N) is 6. The number of halogens is 1. The van der Waals surface area contributed by atoms with Gasteiger partial charge in [0.05, 0.1) is 29.2 Å². The molecule has 9 nitrogen and oxygen atoms in total. The molecule has 0 unspecified atom stereocenters. The van der Waals surface area contributed by atoms with Gasteiger partial charge in [-0.25, -0.2) is 9.67 Å². The summed E-state index contributed by atoms with van der Waals surface area (Å²) in [6, 6.07) is 4.21. The summed E-state index contributed by atoms with van der Waals surface area (Å²) in [6.45, 7) is 4.27. The van der Waals surface area contributed by atoms with Crippen molar-refractivity contribution in [3.05, 3.63) is 40.9 Å². The maximum atomic E-state index is 12.5. The van der Waals surface area contributed by atoms with Gasteiger partial charge in [-0.05, 0) is 79.2 Å². The van der Waals surface area contributed by atoms with Gasteiger partial charge < -0.3 is 15.6 Å². The number of nitrogens with one attached hydrogen (secondary N) is 1. The van der Waals surface area contributed by atoms with Crippen LogP contribution in [0, 0.1) is 0 Å². The molecular weight excluding hydrogens is 503 g/mol. The summed E-state index contributed by atoms with van der Waals surface area (Å²) in [5, 5.41) is 8.93. The Morgan fingerprint density at radius 3 is 2.79 bits per heavy atom. The number of anilines is 1. The number of rotatable bonds is 6. The summed E-state index contributed by atoms with van der Waals surface area (Å²) >= 11 is 3.55. The van der Waals surface area contributed by atoms with E-state index in [0.717, 1.165) is 46.9 Å². The van der Waals surface area contributed by atoms with E-state index in [0.29, 0.717) is 29.2 Å². The van der Waals surface area contributed by atoms with Gasteiger partial charge in [0.25, 0.3) is 0 Å². The predicted octanol–water partition coefficient (Wildman–Crippen LogP) is 3.98. The molecule has 3 N–H and O–H groups in total. The van der Waals surface area contributed by atoms with Crippen molar-refractivity contribution in [1.29, 1.82) is 0 Å². The fourth-order valence-electron chi connectivity index (χ4n) is 4.55. The van der Waals surface area contributed by atoms with Crippen LogP contribution in [0.2, 0.25) is 0 Å². The molecule has 1 fully saturated rings. The smallest absolute Gasteiger partial charge is 0.224 e. The highest BCUT2D eigenvalue weighted by Crippen LogP contribution is 2.50. The Labute approximate surface area is 200 Å². The molecule has 3 aromatic heterocycles. The Balaban J connectivity index is 1.53. The lowest BCUT2D eigenvalue weighted by Gasteiger charge is -2.16. The van der Waals surface area contributed by atoms with Crippen molar-refractivity contribution >= 4 is 51.1 Å². The molecule has 0 spiro atoms. The largest absolute Gasteiger partial charge is 0.351 e. The van der Waals surface area contributed by atoms with Gasteiger partial charge in [-0.1, -0.05) is 0 Å². The van der Waals surface area contributed by atoms with Gasteiger partial charge in [0, 0.05) is 30.3 Å². The van der Waals surface area contributed by atoms with Gasteiger partial charge in [0.2, 0.25) is 5.95 Å². The van der Waals surface area contributed by atoms with Crippen LogP contribution in [0.25, 0.3) is 27.8 Å². The first-order valence-corrected chi connectivity index (χ1v) is 14.5. The minimum Gasteiger partial charge on any atom is -0.351 e. The van der Waals surface area contributed by atoms with E-state index >= 15 is 0 Å². The topological polar surface area (TPSA) is 124 Å². The first kappa shape index (κ1) is 22.4. The number of hydrogen-bond acceptors (Lipinski definition) is 8. The van der Waals surface area contributed by atoms with Crippen LogP contribution in [-0.4, -0.2) is 61.3 Å². The van der Waals surface area contributed by atoms with Gasteiger partial charge >= 0.3 is 0 Å². The number of hydrogen-bond donors (Lipinski definition) is 2. The third-order valence-corrected chi connectivity index (χ3v) is 9.11. The minimum absolute atomic E-state index is 0.215. The summed E-state index contributed by atoms with van der Waals surface area (Å²) in [7, 11) is -2.09. The SMILES string of the molecule is CP(C)(=O)[C@@H]1CC[C@@H](Nc2ncc3c(Br)nn(-c4cc(CCN)c5nccnc5c4)c3n2)C1. The van der Waals surface area contributed by atoms with Crippen LogP contribution in [0.15, 0.2) is 35.3 Å². The van der Waals surface area contributed by atoms with E-state index in [1.54, 1.807) is 23.3 Å². The fraction of sp³-hybridized carbons (Fsp3) is 0.409. The summed E-state index contributed by atoms with van der Waals surface area (Å²) in [5.74, 6) is 0.548. The summed E-state index contributed by atoms with van der Waals surface area (Å²) in [6.07, 6.45) is 8.64. The van der Waals surface area contributed by atoms with Crippen molar-refractivity contribution in [1.82, 2.24) is 29.7 Å². The second kappa shape index (κ2) is 8.74. The number of nitrogens with two attached hydrogens (primary N) is 1. The third kappa shape index (κ3) is 4.39. The lowest BCUT2D eigenvalue weighted by atomic mass is 10.1. The van der Waals surface area contributed by atoms with Gasteiger partial charge in [0.1, 0.15) is 4.60 Å². The number of fused-ring (bicyclic) bond motifs is 2. The zero-order chi connectivity index (χ0) is 23.2. The second-order valence-electron chi connectivity index (χ2n) is 8.94. The van der Waals surface area contributed by atoms with Crippen molar-refractivity contribution in [2.24, 2.45) is 5.73 Å².